The van der Waals surface area contributed by atoms with Crippen molar-refractivity contribution < 1.29 is 14.9 Å². The zero-order valence-corrected chi connectivity index (χ0v) is 8.10. The van der Waals surface area contributed by atoms with Gasteiger partial charge in [-0.3, -0.25) is 0 Å². The van der Waals surface area contributed by atoms with Crippen LogP contribution >= 0.6 is 0 Å². The first-order chi connectivity index (χ1) is 6.76. The van der Waals surface area contributed by atoms with E-state index in [-0.39, 0.29) is 6.61 Å². The second kappa shape index (κ2) is 5.47. The Morgan fingerprint density at radius 2 is 2.00 bits per heavy atom. The fraction of sp³-hybridized carbons (Fsp3) is 0.400. The minimum atomic E-state index is -0.725. The van der Waals surface area contributed by atoms with Crippen molar-refractivity contribution in [2.45, 2.75) is 6.10 Å². The molecule has 0 bridgehead atoms. The lowest BCUT2D eigenvalue weighted by molar-refractivity contribution is 0.105. The van der Waals surface area contributed by atoms with Crippen molar-refractivity contribution in [1.82, 2.24) is 0 Å². The van der Waals surface area contributed by atoms with Gasteiger partial charge in [0.25, 0.3) is 0 Å². The Bertz CT molecular complexity index is 261. The van der Waals surface area contributed by atoms with Crippen LogP contribution in [-0.4, -0.2) is 36.6 Å². The third kappa shape index (κ3) is 3.24. The fourth-order valence-electron chi connectivity index (χ4n) is 1.01. The average molecular weight is 197 g/mol. The minimum Gasteiger partial charge on any atom is -0.497 e. The Labute approximate surface area is 83.1 Å². The lowest BCUT2D eigenvalue weighted by Gasteiger charge is -2.10. The van der Waals surface area contributed by atoms with Crippen LogP contribution in [0, 0.1) is 0 Å². The number of rotatable bonds is 5. The summed E-state index contributed by atoms with van der Waals surface area (Å²) in [6, 6.07) is 7.35. The van der Waals surface area contributed by atoms with Crippen LogP contribution in [0.5, 0.6) is 5.75 Å². The number of nitrogens with one attached hydrogen (secondary N) is 1. The first-order valence-electron chi connectivity index (χ1n) is 4.43. The molecule has 0 radical (unpaired) electrons. The van der Waals surface area contributed by atoms with Crippen molar-refractivity contribution in [3.8, 4) is 5.75 Å². The molecule has 4 nitrogen and oxygen atoms in total. The predicted octanol–water partition coefficient (Wildman–Crippen LogP) is 0.460. The molecule has 0 saturated carbocycles. The molecule has 0 aliphatic heterocycles. The molecule has 0 aromatic heterocycles. The van der Waals surface area contributed by atoms with Crippen LogP contribution in [0.15, 0.2) is 24.3 Å². The van der Waals surface area contributed by atoms with Gasteiger partial charge in [-0.2, -0.15) is 0 Å². The molecule has 1 aromatic rings. The molecular weight excluding hydrogens is 182 g/mol. The summed E-state index contributed by atoms with van der Waals surface area (Å²) in [5.41, 5.74) is 0.887. The largest absolute Gasteiger partial charge is 0.497 e. The van der Waals surface area contributed by atoms with Crippen LogP contribution in [0.1, 0.15) is 0 Å². The van der Waals surface area contributed by atoms with E-state index in [9.17, 15) is 0 Å². The highest BCUT2D eigenvalue weighted by molar-refractivity contribution is 5.46. The van der Waals surface area contributed by atoms with Gasteiger partial charge in [0.2, 0.25) is 0 Å². The van der Waals surface area contributed by atoms with Gasteiger partial charge in [0.1, 0.15) is 5.75 Å². The van der Waals surface area contributed by atoms with Gasteiger partial charge in [-0.15, -0.1) is 0 Å². The van der Waals surface area contributed by atoms with E-state index in [0.717, 1.165) is 11.4 Å². The van der Waals surface area contributed by atoms with E-state index < -0.39 is 6.10 Å². The lowest BCUT2D eigenvalue weighted by Crippen LogP contribution is -2.22. The number of aliphatic hydroxyl groups excluding tert-OH is 2. The maximum atomic E-state index is 9.08. The molecule has 0 spiro atoms. The molecule has 0 heterocycles. The van der Waals surface area contributed by atoms with Crippen molar-refractivity contribution in [1.29, 1.82) is 0 Å². The molecule has 0 fully saturated rings. The summed E-state index contributed by atoms with van der Waals surface area (Å²) in [5.74, 6) is 0.790. The summed E-state index contributed by atoms with van der Waals surface area (Å²) in [4.78, 5) is 0. The van der Waals surface area contributed by atoms with Crippen LogP contribution in [0.2, 0.25) is 0 Å². The van der Waals surface area contributed by atoms with Gasteiger partial charge < -0.3 is 20.3 Å². The third-order valence-electron chi connectivity index (χ3n) is 1.84. The Kier molecular flexibility index (Phi) is 4.22. The Balaban J connectivity index is 2.43. The molecule has 0 saturated heterocycles. The Morgan fingerprint density at radius 1 is 1.36 bits per heavy atom. The van der Waals surface area contributed by atoms with Gasteiger partial charge >= 0.3 is 0 Å². The van der Waals surface area contributed by atoms with E-state index in [1.807, 2.05) is 24.3 Å². The number of anilines is 1. The molecule has 1 aromatic carbocycles. The van der Waals surface area contributed by atoms with Gasteiger partial charge in [0.05, 0.1) is 19.8 Å². The second-order valence-corrected chi connectivity index (χ2v) is 2.95. The molecule has 0 aliphatic carbocycles. The van der Waals surface area contributed by atoms with Crippen LogP contribution in [0.3, 0.4) is 0 Å². The minimum absolute atomic E-state index is 0.233. The molecule has 0 amide bonds. The van der Waals surface area contributed by atoms with Crippen molar-refractivity contribution in [3.05, 3.63) is 24.3 Å². The molecule has 0 aliphatic rings. The SMILES string of the molecule is COc1ccc(NC[C@H](O)CO)cc1. The summed E-state index contributed by atoms with van der Waals surface area (Å²) >= 11 is 0. The van der Waals surface area contributed by atoms with E-state index in [1.165, 1.54) is 0 Å². The van der Waals surface area contributed by atoms with Crippen molar-refractivity contribution >= 4 is 5.69 Å². The molecule has 78 valence electrons. The average Bonchev–Trinajstić information content (AvgIpc) is 2.26. The van der Waals surface area contributed by atoms with E-state index in [4.69, 9.17) is 14.9 Å². The molecule has 14 heavy (non-hydrogen) atoms. The number of hydrogen-bond acceptors (Lipinski definition) is 4. The van der Waals surface area contributed by atoms with E-state index >= 15 is 0 Å². The van der Waals surface area contributed by atoms with E-state index in [0.29, 0.717) is 6.54 Å². The van der Waals surface area contributed by atoms with Crippen molar-refractivity contribution in [3.63, 3.8) is 0 Å². The monoisotopic (exact) mass is 197 g/mol. The smallest absolute Gasteiger partial charge is 0.119 e. The number of aliphatic hydroxyl groups is 2. The maximum absolute atomic E-state index is 9.08. The highest BCUT2D eigenvalue weighted by atomic mass is 16.5. The standard InChI is InChI=1S/C10H15NO3/c1-14-10-4-2-8(3-5-10)11-6-9(13)7-12/h2-5,9,11-13H,6-7H2,1H3/t9-/m0/s1. The number of hydrogen-bond donors (Lipinski definition) is 3. The topological polar surface area (TPSA) is 61.7 Å². The molecule has 4 heteroatoms. The Hall–Kier alpha value is -1.26. The number of methoxy groups -OCH3 is 1. The normalized spacial score (nSPS) is 12.2. The van der Waals surface area contributed by atoms with Crippen LogP contribution in [0.4, 0.5) is 5.69 Å². The molecule has 3 N–H and O–H groups in total. The molecular formula is C10H15NO3. The first kappa shape index (κ1) is 10.8. The van der Waals surface area contributed by atoms with Gasteiger partial charge in [0.15, 0.2) is 0 Å². The molecule has 1 atom stereocenters. The molecule has 1 rings (SSSR count). The highest BCUT2D eigenvalue weighted by Crippen LogP contribution is 2.14. The van der Waals surface area contributed by atoms with Crippen LogP contribution in [0.25, 0.3) is 0 Å². The summed E-state index contributed by atoms with van der Waals surface area (Å²) in [6.07, 6.45) is -0.725. The second-order valence-electron chi connectivity index (χ2n) is 2.95. The fourth-order valence-corrected chi connectivity index (χ4v) is 1.01. The zero-order chi connectivity index (χ0) is 10.4. The van der Waals surface area contributed by atoms with Gasteiger partial charge in [-0.05, 0) is 24.3 Å². The first-order valence-corrected chi connectivity index (χ1v) is 4.43. The predicted molar refractivity (Wildman–Crippen MR) is 54.6 cm³/mol. The van der Waals surface area contributed by atoms with Gasteiger partial charge in [0, 0.05) is 12.2 Å². The van der Waals surface area contributed by atoms with Crippen LogP contribution in [-0.2, 0) is 0 Å². The maximum Gasteiger partial charge on any atom is 0.119 e. The summed E-state index contributed by atoms with van der Waals surface area (Å²) in [5, 5.41) is 20.6. The van der Waals surface area contributed by atoms with E-state index in [1.54, 1.807) is 7.11 Å². The van der Waals surface area contributed by atoms with Crippen molar-refractivity contribution in [2.24, 2.45) is 0 Å². The molecule has 0 unspecified atom stereocenters. The van der Waals surface area contributed by atoms with E-state index in [2.05, 4.69) is 5.32 Å². The highest BCUT2D eigenvalue weighted by Gasteiger charge is 2.00. The van der Waals surface area contributed by atoms with Crippen molar-refractivity contribution in [2.75, 3.05) is 25.6 Å². The summed E-state index contributed by atoms with van der Waals surface area (Å²) in [7, 11) is 1.61. The third-order valence-corrected chi connectivity index (χ3v) is 1.84. The zero-order valence-electron chi connectivity index (χ0n) is 8.10. The summed E-state index contributed by atoms with van der Waals surface area (Å²) < 4.78 is 5.00. The number of ether oxygens (including phenoxy) is 1. The van der Waals surface area contributed by atoms with Gasteiger partial charge in [-0.25, -0.2) is 0 Å². The Morgan fingerprint density at radius 3 is 2.50 bits per heavy atom. The summed E-state index contributed by atoms with van der Waals surface area (Å²) in [6.45, 7) is 0.103. The van der Waals surface area contributed by atoms with Crippen LogP contribution < -0.4 is 10.1 Å². The number of benzene rings is 1. The van der Waals surface area contributed by atoms with Gasteiger partial charge in [-0.1, -0.05) is 0 Å². The quantitative estimate of drug-likeness (QED) is 0.641. The lowest BCUT2D eigenvalue weighted by atomic mass is 10.3.